The lowest BCUT2D eigenvalue weighted by Crippen LogP contribution is -2.19. The number of ether oxygens (including phenoxy) is 1. The molecule has 122 valence electrons. The van der Waals surface area contributed by atoms with Crippen LogP contribution in [0.25, 0.3) is 11.3 Å². The third kappa shape index (κ3) is 3.48. The summed E-state index contributed by atoms with van der Waals surface area (Å²) in [5, 5.41) is 6.91. The second-order valence-electron chi connectivity index (χ2n) is 4.97. The van der Waals surface area contributed by atoms with Crippen molar-refractivity contribution in [2.45, 2.75) is 13.8 Å². The molecule has 0 atom stereocenters. The fourth-order valence-electron chi connectivity index (χ4n) is 1.82. The number of amides is 1. The summed E-state index contributed by atoms with van der Waals surface area (Å²) in [4.78, 5) is 24.0. The average molecular weight is 357 g/mol. The van der Waals surface area contributed by atoms with Gasteiger partial charge in [0.25, 0.3) is 0 Å². The van der Waals surface area contributed by atoms with Crippen molar-refractivity contribution in [2.75, 3.05) is 12.4 Å². The van der Waals surface area contributed by atoms with Crippen molar-refractivity contribution in [1.29, 1.82) is 0 Å². The van der Waals surface area contributed by atoms with Crippen molar-refractivity contribution < 1.29 is 18.8 Å². The van der Waals surface area contributed by atoms with Gasteiger partial charge in [-0.25, -0.2) is 4.79 Å². The van der Waals surface area contributed by atoms with Gasteiger partial charge in [0.1, 0.15) is 5.69 Å². The summed E-state index contributed by atoms with van der Waals surface area (Å²) < 4.78 is 9.85. The standard InChI is InChI=1S/C15H14Cl2N2O4/c1-7(2)13(20)18-14-11(15(21)22-3)12(19-23-14)10-8(16)5-4-6-9(10)17/h4-7H,1-3H3,(H,18,20). The lowest BCUT2D eigenvalue weighted by atomic mass is 10.1. The van der Waals surface area contributed by atoms with Gasteiger partial charge in [0.2, 0.25) is 11.8 Å². The molecule has 2 aromatic rings. The second kappa shape index (κ2) is 7.02. The fraction of sp³-hybridized carbons (Fsp3) is 0.267. The maximum absolute atomic E-state index is 12.1. The van der Waals surface area contributed by atoms with Crippen molar-refractivity contribution in [3.05, 3.63) is 33.8 Å². The van der Waals surface area contributed by atoms with E-state index in [1.54, 1.807) is 32.0 Å². The largest absolute Gasteiger partial charge is 0.465 e. The number of carbonyl (C=O) groups excluding carboxylic acids is 2. The monoisotopic (exact) mass is 356 g/mol. The van der Waals surface area contributed by atoms with E-state index in [1.165, 1.54) is 7.11 Å². The van der Waals surface area contributed by atoms with E-state index < -0.39 is 5.97 Å². The van der Waals surface area contributed by atoms with Gasteiger partial charge in [-0.3, -0.25) is 10.1 Å². The molecule has 0 bridgehead atoms. The van der Waals surface area contributed by atoms with Crippen LogP contribution in [0.4, 0.5) is 5.88 Å². The number of carbonyl (C=O) groups is 2. The molecule has 0 aliphatic rings. The first-order valence-corrected chi connectivity index (χ1v) is 7.45. The average Bonchev–Trinajstić information content (AvgIpc) is 2.89. The lowest BCUT2D eigenvalue weighted by molar-refractivity contribution is -0.119. The first-order valence-electron chi connectivity index (χ1n) is 6.70. The predicted molar refractivity (Wildman–Crippen MR) is 86.8 cm³/mol. The van der Waals surface area contributed by atoms with Crippen molar-refractivity contribution >= 4 is 41.0 Å². The molecule has 0 spiro atoms. The molecule has 6 nitrogen and oxygen atoms in total. The molecule has 1 aromatic carbocycles. The van der Waals surface area contributed by atoms with Gasteiger partial charge in [-0.05, 0) is 12.1 Å². The van der Waals surface area contributed by atoms with Crippen LogP contribution in [0, 0.1) is 5.92 Å². The van der Waals surface area contributed by atoms with E-state index in [0.29, 0.717) is 5.56 Å². The summed E-state index contributed by atoms with van der Waals surface area (Å²) in [5.74, 6) is -1.47. The highest BCUT2D eigenvalue weighted by molar-refractivity contribution is 6.39. The van der Waals surface area contributed by atoms with Crippen LogP contribution in [-0.4, -0.2) is 24.1 Å². The van der Waals surface area contributed by atoms with E-state index in [0.717, 1.165) is 0 Å². The first-order chi connectivity index (χ1) is 10.9. The van der Waals surface area contributed by atoms with Crippen molar-refractivity contribution in [1.82, 2.24) is 5.16 Å². The van der Waals surface area contributed by atoms with Gasteiger partial charge in [-0.1, -0.05) is 48.3 Å². The zero-order valence-corrected chi connectivity index (χ0v) is 14.2. The van der Waals surface area contributed by atoms with Gasteiger partial charge >= 0.3 is 5.97 Å². The molecule has 2 rings (SSSR count). The van der Waals surface area contributed by atoms with E-state index in [-0.39, 0.29) is 39.0 Å². The lowest BCUT2D eigenvalue weighted by Gasteiger charge is -2.07. The minimum absolute atomic E-state index is 0.0449. The summed E-state index contributed by atoms with van der Waals surface area (Å²) in [7, 11) is 1.21. The highest BCUT2D eigenvalue weighted by Crippen LogP contribution is 2.38. The first kappa shape index (κ1) is 17.3. The number of benzene rings is 1. The van der Waals surface area contributed by atoms with Gasteiger partial charge < -0.3 is 9.26 Å². The molecule has 0 radical (unpaired) electrons. The van der Waals surface area contributed by atoms with Crippen LogP contribution in [0.15, 0.2) is 22.7 Å². The maximum atomic E-state index is 12.1. The molecule has 1 amide bonds. The molecule has 1 aromatic heterocycles. The Balaban J connectivity index is 2.59. The SMILES string of the molecule is COC(=O)c1c(-c2c(Cl)cccc2Cl)noc1NC(=O)C(C)C. The smallest absolute Gasteiger partial charge is 0.345 e. The van der Waals surface area contributed by atoms with E-state index in [9.17, 15) is 9.59 Å². The number of nitrogens with zero attached hydrogens (tertiary/aromatic N) is 1. The number of anilines is 1. The Labute approximate surface area is 142 Å². The van der Waals surface area contributed by atoms with E-state index in [4.69, 9.17) is 32.5 Å². The molecule has 1 heterocycles. The number of hydrogen-bond acceptors (Lipinski definition) is 5. The van der Waals surface area contributed by atoms with Crippen LogP contribution in [0.2, 0.25) is 10.0 Å². The van der Waals surface area contributed by atoms with Gasteiger partial charge in [-0.2, -0.15) is 0 Å². The zero-order valence-electron chi connectivity index (χ0n) is 12.6. The fourth-order valence-corrected chi connectivity index (χ4v) is 2.39. The molecule has 0 aliphatic carbocycles. The Morgan fingerprint density at radius 2 is 1.87 bits per heavy atom. The number of rotatable bonds is 4. The van der Waals surface area contributed by atoms with Crippen molar-refractivity contribution in [2.24, 2.45) is 5.92 Å². The minimum Gasteiger partial charge on any atom is -0.465 e. The molecule has 0 aliphatic heterocycles. The number of methoxy groups -OCH3 is 1. The number of nitrogens with one attached hydrogen (secondary N) is 1. The normalized spacial score (nSPS) is 10.7. The quantitative estimate of drug-likeness (QED) is 0.836. The molecular formula is C15H14Cl2N2O4. The van der Waals surface area contributed by atoms with E-state index in [1.807, 2.05) is 0 Å². The molecule has 0 fully saturated rings. The third-order valence-corrected chi connectivity index (χ3v) is 3.67. The highest BCUT2D eigenvalue weighted by Gasteiger charge is 2.28. The molecule has 0 unspecified atom stereocenters. The highest BCUT2D eigenvalue weighted by atomic mass is 35.5. The predicted octanol–water partition coefficient (Wildman–Crippen LogP) is 4.03. The summed E-state index contributed by atoms with van der Waals surface area (Å²) in [6.07, 6.45) is 0. The Morgan fingerprint density at radius 1 is 1.26 bits per heavy atom. The number of aromatic nitrogens is 1. The maximum Gasteiger partial charge on any atom is 0.345 e. The Bertz CT molecular complexity index is 736. The van der Waals surface area contributed by atoms with Gasteiger partial charge in [0, 0.05) is 11.5 Å². The van der Waals surface area contributed by atoms with Crippen molar-refractivity contribution in [3.63, 3.8) is 0 Å². The third-order valence-electron chi connectivity index (χ3n) is 3.04. The summed E-state index contributed by atoms with van der Waals surface area (Å²) in [6, 6.07) is 4.86. The minimum atomic E-state index is -0.726. The number of hydrogen-bond donors (Lipinski definition) is 1. The zero-order chi connectivity index (χ0) is 17.1. The van der Waals surface area contributed by atoms with Crippen LogP contribution >= 0.6 is 23.2 Å². The molecular weight excluding hydrogens is 343 g/mol. The van der Waals surface area contributed by atoms with Gasteiger partial charge in [0.15, 0.2) is 5.56 Å². The summed E-state index contributed by atoms with van der Waals surface area (Å²) in [6.45, 7) is 3.41. The second-order valence-corrected chi connectivity index (χ2v) is 5.78. The summed E-state index contributed by atoms with van der Waals surface area (Å²) in [5.41, 5.74) is 0.382. The van der Waals surface area contributed by atoms with Crippen LogP contribution in [0.5, 0.6) is 0 Å². The molecule has 8 heteroatoms. The molecule has 23 heavy (non-hydrogen) atoms. The van der Waals surface area contributed by atoms with E-state index >= 15 is 0 Å². The van der Waals surface area contributed by atoms with Crippen LogP contribution in [-0.2, 0) is 9.53 Å². The van der Waals surface area contributed by atoms with Gasteiger partial charge in [0.05, 0.1) is 17.2 Å². The van der Waals surface area contributed by atoms with Crippen LogP contribution in [0.3, 0.4) is 0 Å². The Hall–Kier alpha value is -2.05. The number of halogens is 2. The molecule has 1 N–H and O–H groups in total. The Kier molecular flexibility index (Phi) is 5.28. The van der Waals surface area contributed by atoms with Gasteiger partial charge in [-0.15, -0.1) is 0 Å². The van der Waals surface area contributed by atoms with Crippen molar-refractivity contribution in [3.8, 4) is 11.3 Å². The van der Waals surface area contributed by atoms with E-state index in [2.05, 4.69) is 10.5 Å². The van der Waals surface area contributed by atoms with Crippen LogP contribution in [0.1, 0.15) is 24.2 Å². The van der Waals surface area contributed by atoms with Crippen LogP contribution < -0.4 is 5.32 Å². The summed E-state index contributed by atoms with van der Waals surface area (Å²) >= 11 is 12.3. The topological polar surface area (TPSA) is 81.4 Å². The number of esters is 1. The molecule has 0 saturated heterocycles. The molecule has 0 saturated carbocycles. The Morgan fingerprint density at radius 3 is 2.39 bits per heavy atom.